The third kappa shape index (κ3) is 4.40. The van der Waals surface area contributed by atoms with E-state index < -0.39 is 11.9 Å². The van der Waals surface area contributed by atoms with Crippen molar-refractivity contribution in [1.29, 1.82) is 0 Å². The third-order valence-corrected chi connectivity index (χ3v) is 5.22. The largest absolute Gasteiger partial charge is 0.496 e. The molecule has 1 aromatic carbocycles. The van der Waals surface area contributed by atoms with Gasteiger partial charge >= 0.3 is 5.97 Å². The Morgan fingerprint density at radius 3 is 2.75 bits per heavy atom. The SMILES string of the molecule is COc1ccccc1CC(CNC(=O)c1cn(C)nc1-c1cccs1)C(=O)O. The zero-order chi connectivity index (χ0) is 20.1. The van der Waals surface area contributed by atoms with Crippen molar-refractivity contribution in [3.05, 3.63) is 59.1 Å². The average molecular weight is 399 g/mol. The van der Waals surface area contributed by atoms with E-state index in [1.54, 1.807) is 31.1 Å². The van der Waals surface area contributed by atoms with Gasteiger partial charge in [0.25, 0.3) is 5.91 Å². The molecule has 0 aliphatic heterocycles. The molecule has 0 aliphatic rings. The maximum Gasteiger partial charge on any atom is 0.308 e. The number of carboxylic acid groups (broad SMARTS) is 1. The molecule has 146 valence electrons. The summed E-state index contributed by atoms with van der Waals surface area (Å²) in [6.07, 6.45) is 1.89. The Morgan fingerprint density at radius 2 is 2.07 bits per heavy atom. The third-order valence-electron chi connectivity index (χ3n) is 4.35. The molecular weight excluding hydrogens is 378 g/mol. The van der Waals surface area contributed by atoms with Gasteiger partial charge in [-0.05, 0) is 29.5 Å². The smallest absolute Gasteiger partial charge is 0.308 e. The molecule has 0 radical (unpaired) electrons. The Labute approximate surface area is 166 Å². The monoisotopic (exact) mass is 399 g/mol. The summed E-state index contributed by atoms with van der Waals surface area (Å²) in [7, 11) is 3.29. The summed E-state index contributed by atoms with van der Waals surface area (Å²) in [5, 5.41) is 18.6. The van der Waals surface area contributed by atoms with Crippen molar-refractivity contribution in [2.75, 3.05) is 13.7 Å². The van der Waals surface area contributed by atoms with Crippen molar-refractivity contribution in [3.63, 3.8) is 0 Å². The number of amides is 1. The van der Waals surface area contributed by atoms with Crippen LogP contribution in [0.1, 0.15) is 15.9 Å². The minimum Gasteiger partial charge on any atom is -0.496 e. The van der Waals surface area contributed by atoms with Crippen LogP contribution in [-0.4, -0.2) is 40.4 Å². The molecule has 1 unspecified atom stereocenters. The highest BCUT2D eigenvalue weighted by molar-refractivity contribution is 7.13. The Balaban J connectivity index is 1.73. The second-order valence-corrected chi connectivity index (χ2v) is 7.25. The van der Waals surface area contributed by atoms with Crippen LogP contribution in [0.15, 0.2) is 48.0 Å². The lowest BCUT2D eigenvalue weighted by atomic mass is 9.98. The van der Waals surface area contributed by atoms with E-state index in [2.05, 4.69) is 10.4 Å². The Bertz CT molecular complexity index is 966. The predicted octanol–water partition coefficient (Wildman–Crippen LogP) is 2.83. The number of hydrogen-bond acceptors (Lipinski definition) is 5. The lowest BCUT2D eigenvalue weighted by Crippen LogP contribution is -2.34. The van der Waals surface area contributed by atoms with E-state index in [4.69, 9.17) is 4.74 Å². The maximum absolute atomic E-state index is 12.7. The standard InChI is InChI=1S/C20H21N3O4S/c1-23-12-15(18(22-23)17-8-5-9-28-17)19(24)21-11-14(20(25)26)10-13-6-3-4-7-16(13)27-2/h3-9,12,14H,10-11H2,1-2H3,(H,21,24)(H,25,26). The first-order valence-corrected chi connectivity index (χ1v) is 9.58. The minimum absolute atomic E-state index is 0.00495. The van der Waals surface area contributed by atoms with Crippen molar-refractivity contribution >= 4 is 23.2 Å². The molecule has 2 heterocycles. The quantitative estimate of drug-likeness (QED) is 0.608. The molecule has 0 aliphatic carbocycles. The van der Waals surface area contributed by atoms with E-state index in [9.17, 15) is 14.7 Å². The number of benzene rings is 1. The number of hydrogen-bond donors (Lipinski definition) is 2. The number of aromatic nitrogens is 2. The van der Waals surface area contributed by atoms with E-state index in [-0.39, 0.29) is 18.9 Å². The molecular formula is C20H21N3O4S. The Morgan fingerprint density at radius 1 is 1.29 bits per heavy atom. The van der Waals surface area contributed by atoms with Crippen LogP contribution in [0.25, 0.3) is 10.6 Å². The van der Waals surface area contributed by atoms with Crippen LogP contribution < -0.4 is 10.1 Å². The molecule has 0 fully saturated rings. The van der Waals surface area contributed by atoms with Gasteiger partial charge in [-0.3, -0.25) is 14.3 Å². The zero-order valence-electron chi connectivity index (χ0n) is 15.6. The van der Waals surface area contributed by atoms with Gasteiger partial charge < -0.3 is 15.2 Å². The molecule has 3 rings (SSSR count). The predicted molar refractivity (Wildman–Crippen MR) is 107 cm³/mol. The summed E-state index contributed by atoms with van der Waals surface area (Å²) < 4.78 is 6.87. The van der Waals surface area contributed by atoms with E-state index in [1.807, 2.05) is 35.7 Å². The molecule has 0 bridgehead atoms. The molecule has 0 saturated heterocycles. The van der Waals surface area contributed by atoms with Gasteiger partial charge in [-0.1, -0.05) is 24.3 Å². The van der Waals surface area contributed by atoms with E-state index in [0.717, 1.165) is 10.4 Å². The first-order valence-electron chi connectivity index (χ1n) is 8.70. The fraction of sp³-hybridized carbons (Fsp3) is 0.250. The number of nitrogens with zero attached hydrogens (tertiary/aromatic N) is 2. The summed E-state index contributed by atoms with van der Waals surface area (Å²) in [4.78, 5) is 25.3. The summed E-state index contributed by atoms with van der Waals surface area (Å²) in [6, 6.07) is 11.1. The highest BCUT2D eigenvalue weighted by atomic mass is 32.1. The van der Waals surface area contributed by atoms with Crippen LogP contribution in [0.2, 0.25) is 0 Å². The molecule has 2 N–H and O–H groups in total. The number of rotatable bonds is 8. The van der Waals surface area contributed by atoms with Crippen LogP contribution in [0.3, 0.4) is 0 Å². The molecule has 8 heteroatoms. The number of aliphatic carboxylic acids is 1. The highest BCUT2D eigenvalue weighted by Crippen LogP contribution is 2.26. The normalized spacial score (nSPS) is 11.8. The Kier molecular flexibility index (Phi) is 6.10. The minimum atomic E-state index is -0.976. The lowest BCUT2D eigenvalue weighted by Gasteiger charge is -2.15. The molecule has 2 aromatic heterocycles. The van der Waals surface area contributed by atoms with Crippen LogP contribution >= 0.6 is 11.3 Å². The van der Waals surface area contributed by atoms with Gasteiger partial charge in [-0.15, -0.1) is 11.3 Å². The summed E-state index contributed by atoms with van der Waals surface area (Å²) in [5.74, 6) is -1.46. The number of nitrogens with one attached hydrogen (secondary N) is 1. The van der Waals surface area contributed by atoms with Gasteiger partial charge in [0.15, 0.2) is 0 Å². The second-order valence-electron chi connectivity index (χ2n) is 6.30. The van der Waals surface area contributed by atoms with Gasteiger partial charge in [-0.2, -0.15) is 5.10 Å². The second kappa shape index (κ2) is 8.71. The van der Waals surface area contributed by atoms with Crippen LogP contribution in [0.5, 0.6) is 5.75 Å². The number of thiophene rings is 1. The van der Waals surface area contributed by atoms with Gasteiger partial charge in [0.05, 0.1) is 23.5 Å². The molecule has 1 atom stereocenters. The average Bonchev–Trinajstić information content (AvgIpc) is 3.34. The Hall–Kier alpha value is -3.13. The fourth-order valence-electron chi connectivity index (χ4n) is 2.94. The molecule has 7 nitrogen and oxygen atoms in total. The van der Waals surface area contributed by atoms with Crippen LogP contribution in [-0.2, 0) is 18.3 Å². The van der Waals surface area contributed by atoms with Crippen LogP contribution in [0.4, 0.5) is 0 Å². The first-order chi connectivity index (χ1) is 13.5. The van der Waals surface area contributed by atoms with Crippen molar-refractivity contribution in [1.82, 2.24) is 15.1 Å². The summed E-state index contributed by atoms with van der Waals surface area (Å²) in [6.45, 7) is 0.00495. The molecule has 1 amide bonds. The highest BCUT2D eigenvalue weighted by Gasteiger charge is 2.23. The van der Waals surface area contributed by atoms with E-state index in [1.165, 1.54) is 11.3 Å². The maximum atomic E-state index is 12.7. The lowest BCUT2D eigenvalue weighted by molar-refractivity contribution is -0.141. The number of aryl methyl sites for hydroxylation is 1. The van der Waals surface area contributed by atoms with Crippen molar-refractivity contribution in [3.8, 4) is 16.3 Å². The molecule has 28 heavy (non-hydrogen) atoms. The van der Waals surface area contributed by atoms with E-state index in [0.29, 0.717) is 17.0 Å². The van der Waals surface area contributed by atoms with Crippen molar-refractivity contribution in [2.24, 2.45) is 13.0 Å². The van der Waals surface area contributed by atoms with Crippen LogP contribution in [0, 0.1) is 5.92 Å². The van der Waals surface area contributed by atoms with Gasteiger partial charge in [0, 0.05) is 19.8 Å². The summed E-state index contributed by atoms with van der Waals surface area (Å²) in [5.41, 5.74) is 1.80. The molecule has 3 aromatic rings. The van der Waals surface area contributed by atoms with Gasteiger partial charge in [0.1, 0.15) is 11.4 Å². The number of methoxy groups -OCH3 is 1. The van der Waals surface area contributed by atoms with Crippen molar-refractivity contribution < 1.29 is 19.4 Å². The van der Waals surface area contributed by atoms with Gasteiger partial charge in [-0.25, -0.2) is 0 Å². The summed E-state index contributed by atoms with van der Waals surface area (Å²) >= 11 is 1.49. The van der Waals surface area contributed by atoms with E-state index >= 15 is 0 Å². The van der Waals surface area contributed by atoms with Gasteiger partial charge in [0.2, 0.25) is 0 Å². The zero-order valence-corrected chi connectivity index (χ0v) is 16.4. The first kappa shape index (κ1) is 19.6. The van der Waals surface area contributed by atoms with Crippen molar-refractivity contribution in [2.45, 2.75) is 6.42 Å². The number of carbonyl (C=O) groups excluding carboxylic acids is 1. The number of para-hydroxylation sites is 1. The number of carbonyl (C=O) groups is 2. The molecule has 0 spiro atoms. The number of ether oxygens (including phenoxy) is 1. The molecule has 0 saturated carbocycles. The number of carboxylic acids is 1. The fourth-order valence-corrected chi connectivity index (χ4v) is 3.67. The topological polar surface area (TPSA) is 93.5 Å².